The number of hydrogen-bond donors (Lipinski definition) is 0. The van der Waals surface area contributed by atoms with Crippen LogP contribution in [0, 0.1) is 6.92 Å². The Hall–Kier alpha value is -2.34. The van der Waals surface area contributed by atoms with Crippen molar-refractivity contribution in [2.24, 2.45) is 0 Å². The van der Waals surface area contributed by atoms with Crippen molar-refractivity contribution in [2.75, 3.05) is 0 Å². The van der Waals surface area contributed by atoms with Gasteiger partial charge in [0.25, 0.3) is 0 Å². The second-order valence-electron chi connectivity index (χ2n) is 5.12. The standard InChI is InChI=1S/C19H14/c1-13-5-4-7-15-10-11-17-16-8-3-2-6-14(16)9-12-18(17)19(13)15/h2-12H,1H3. The van der Waals surface area contributed by atoms with Crippen molar-refractivity contribution in [3.8, 4) is 0 Å². The van der Waals surface area contributed by atoms with E-state index >= 15 is 0 Å². The molecule has 0 N–H and O–H groups in total. The fraction of sp³-hybridized carbons (Fsp3) is 0.0526. The molecule has 0 amide bonds. The van der Waals surface area contributed by atoms with Crippen LogP contribution >= 0.6 is 0 Å². The van der Waals surface area contributed by atoms with Crippen molar-refractivity contribution in [3.63, 3.8) is 0 Å². The number of benzene rings is 4. The quantitative estimate of drug-likeness (QED) is 0.359. The molecule has 0 aliphatic heterocycles. The van der Waals surface area contributed by atoms with Gasteiger partial charge in [-0.3, -0.25) is 0 Å². The Morgan fingerprint density at radius 3 is 2.21 bits per heavy atom. The van der Waals surface area contributed by atoms with E-state index in [2.05, 4.69) is 73.7 Å². The summed E-state index contributed by atoms with van der Waals surface area (Å²) in [5.41, 5.74) is 1.35. The van der Waals surface area contributed by atoms with Gasteiger partial charge in [0.2, 0.25) is 0 Å². The molecule has 0 nitrogen and oxygen atoms in total. The fourth-order valence-electron chi connectivity index (χ4n) is 3.06. The molecule has 90 valence electrons. The predicted octanol–water partition coefficient (Wildman–Crippen LogP) is 5.45. The van der Waals surface area contributed by atoms with E-state index in [-0.39, 0.29) is 0 Å². The second-order valence-corrected chi connectivity index (χ2v) is 5.12. The van der Waals surface area contributed by atoms with Crippen LogP contribution in [0.4, 0.5) is 0 Å². The van der Waals surface area contributed by atoms with E-state index in [1.807, 2.05) is 0 Å². The molecular weight excluding hydrogens is 228 g/mol. The van der Waals surface area contributed by atoms with Crippen molar-refractivity contribution in [1.29, 1.82) is 0 Å². The summed E-state index contributed by atoms with van der Waals surface area (Å²) in [7, 11) is 0. The van der Waals surface area contributed by atoms with Crippen LogP contribution in [0.3, 0.4) is 0 Å². The summed E-state index contributed by atoms with van der Waals surface area (Å²) in [5.74, 6) is 0. The smallest absolute Gasteiger partial charge is 0.00759 e. The van der Waals surface area contributed by atoms with Crippen molar-refractivity contribution < 1.29 is 0 Å². The lowest BCUT2D eigenvalue weighted by Gasteiger charge is -2.09. The van der Waals surface area contributed by atoms with Crippen LogP contribution in [0.1, 0.15) is 5.56 Å². The molecule has 0 unspecified atom stereocenters. The third-order valence-corrected chi connectivity index (χ3v) is 3.97. The summed E-state index contributed by atoms with van der Waals surface area (Å²) in [4.78, 5) is 0. The third kappa shape index (κ3) is 1.47. The van der Waals surface area contributed by atoms with Gasteiger partial charge in [-0.2, -0.15) is 0 Å². The summed E-state index contributed by atoms with van der Waals surface area (Å²) in [6.07, 6.45) is 0. The average molecular weight is 242 g/mol. The van der Waals surface area contributed by atoms with E-state index < -0.39 is 0 Å². The summed E-state index contributed by atoms with van der Waals surface area (Å²) in [6, 6.07) is 24.1. The van der Waals surface area contributed by atoms with Gasteiger partial charge < -0.3 is 0 Å². The van der Waals surface area contributed by atoms with E-state index in [1.165, 1.54) is 37.9 Å². The highest BCUT2D eigenvalue weighted by atomic mass is 14.1. The summed E-state index contributed by atoms with van der Waals surface area (Å²) < 4.78 is 0. The number of rotatable bonds is 0. The molecule has 19 heavy (non-hydrogen) atoms. The van der Waals surface area contributed by atoms with Crippen LogP contribution in [0.25, 0.3) is 32.3 Å². The maximum Gasteiger partial charge on any atom is -0.00759 e. The first-order chi connectivity index (χ1) is 9.34. The molecule has 0 heterocycles. The molecule has 4 rings (SSSR count). The second kappa shape index (κ2) is 3.83. The van der Waals surface area contributed by atoms with Crippen LogP contribution in [0.2, 0.25) is 0 Å². The zero-order valence-corrected chi connectivity index (χ0v) is 10.9. The van der Waals surface area contributed by atoms with Crippen LogP contribution in [0.15, 0.2) is 66.7 Å². The molecule has 4 aromatic carbocycles. The molecule has 0 bridgehead atoms. The Morgan fingerprint density at radius 2 is 1.26 bits per heavy atom. The summed E-state index contributed by atoms with van der Waals surface area (Å²) >= 11 is 0. The van der Waals surface area contributed by atoms with Crippen molar-refractivity contribution in [1.82, 2.24) is 0 Å². The Labute approximate surface area is 112 Å². The summed E-state index contributed by atoms with van der Waals surface area (Å²) in [5, 5.41) is 8.05. The largest absolute Gasteiger partial charge is 0.0616 e. The van der Waals surface area contributed by atoms with Gasteiger partial charge in [0.05, 0.1) is 0 Å². The maximum absolute atomic E-state index is 2.26. The Morgan fingerprint density at radius 1 is 0.526 bits per heavy atom. The van der Waals surface area contributed by atoms with Gasteiger partial charge >= 0.3 is 0 Å². The first kappa shape index (κ1) is 10.6. The van der Waals surface area contributed by atoms with Gasteiger partial charge in [-0.25, -0.2) is 0 Å². The first-order valence-electron chi connectivity index (χ1n) is 6.64. The van der Waals surface area contributed by atoms with E-state index in [0.29, 0.717) is 0 Å². The van der Waals surface area contributed by atoms with Crippen LogP contribution in [-0.2, 0) is 0 Å². The molecule has 0 saturated heterocycles. The van der Waals surface area contributed by atoms with Crippen LogP contribution in [-0.4, -0.2) is 0 Å². The molecule has 0 radical (unpaired) electrons. The Bertz CT molecular complexity index is 917. The van der Waals surface area contributed by atoms with Crippen molar-refractivity contribution in [3.05, 3.63) is 72.3 Å². The van der Waals surface area contributed by atoms with E-state index in [4.69, 9.17) is 0 Å². The van der Waals surface area contributed by atoms with Crippen molar-refractivity contribution >= 4 is 32.3 Å². The molecule has 4 aromatic rings. The molecule has 0 fully saturated rings. The molecule has 0 spiro atoms. The number of fused-ring (bicyclic) bond motifs is 5. The topological polar surface area (TPSA) is 0 Å². The van der Waals surface area contributed by atoms with E-state index in [0.717, 1.165) is 0 Å². The van der Waals surface area contributed by atoms with E-state index in [1.54, 1.807) is 0 Å². The minimum atomic E-state index is 1.31. The zero-order chi connectivity index (χ0) is 12.8. The lowest BCUT2D eigenvalue weighted by molar-refractivity contribution is 1.54. The van der Waals surface area contributed by atoms with Crippen LogP contribution < -0.4 is 0 Å². The number of hydrogen-bond acceptors (Lipinski definition) is 0. The Balaban J connectivity index is 2.32. The average Bonchev–Trinajstić information content (AvgIpc) is 2.46. The van der Waals surface area contributed by atoms with Gasteiger partial charge in [-0.1, -0.05) is 66.7 Å². The van der Waals surface area contributed by atoms with Gasteiger partial charge in [-0.05, 0) is 44.8 Å². The lowest BCUT2D eigenvalue weighted by atomic mass is 9.95. The number of aryl methyl sites for hydroxylation is 1. The molecule has 0 saturated carbocycles. The summed E-state index contributed by atoms with van der Waals surface area (Å²) in [6.45, 7) is 2.19. The third-order valence-electron chi connectivity index (χ3n) is 3.97. The maximum atomic E-state index is 2.26. The van der Waals surface area contributed by atoms with Crippen LogP contribution in [0.5, 0.6) is 0 Å². The molecule has 0 aromatic heterocycles. The van der Waals surface area contributed by atoms with Gasteiger partial charge in [0, 0.05) is 0 Å². The normalized spacial score (nSPS) is 11.4. The molecule has 0 aliphatic carbocycles. The van der Waals surface area contributed by atoms with E-state index in [9.17, 15) is 0 Å². The SMILES string of the molecule is Cc1cccc2ccc3c4ccccc4ccc3c12. The molecule has 0 aliphatic rings. The van der Waals surface area contributed by atoms with Gasteiger partial charge in [-0.15, -0.1) is 0 Å². The minimum Gasteiger partial charge on any atom is -0.0616 e. The van der Waals surface area contributed by atoms with Gasteiger partial charge in [0.1, 0.15) is 0 Å². The van der Waals surface area contributed by atoms with Crippen molar-refractivity contribution in [2.45, 2.75) is 6.92 Å². The zero-order valence-electron chi connectivity index (χ0n) is 10.9. The lowest BCUT2D eigenvalue weighted by Crippen LogP contribution is -1.83. The molecular formula is C19H14. The first-order valence-corrected chi connectivity index (χ1v) is 6.64. The monoisotopic (exact) mass is 242 g/mol. The molecule has 0 atom stereocenters. The molecule has 0 heteroatoms. The fourth-order valence-corrected chi connectivity index (χ4v) is 3.06. The predicted molar refractivity (Wildman–Crippen MR) is 83.7 cm³/mol. The highest BCUT2D eigenvalue weighted by Crippen LogP contribution is 2.32. The Kier molecular flexibility index (Phi) is 2.13. The van der Waals surface area contributed by atoms with Gasteiger partial charge in [0.15, 0.2) is 0 Å². The minimum absolute atomic E-state index is 1.31. The highest BCUT2D eigenvalue weighted by Gasteiger charge is 2.05. The highest BCUT2D eigenvalue weighted by molar-refractivity contribution is 6.17.